The van der Waals surface area contributed by atoms with Crippen molar-refractivity contribution in [3.63, 3.8) is 0 Å². The molecule has 1 atom stereocenters. The van der Waals surface area contributed by atoms with Crippen molar-refractivity contribution < 1.29 is 9.53 Å². The highest BCUT2D eigenvalue weighted by molar-refractivity contribution is 6.30. The van der Waals surface area contributed by atoms with Crippen LogP contribution >= 0.6 is 11.6 Å². The maximum Gasteiger partial charge on any atom is 0.261 e. The molecular weight excluding hydrogens is 334 g/mol. The largest absolute Gasteiger partial charge is 0.481 e. The third-order valence-corrected chi connectivity index (χ3v) is 4.49. The number of hydrogen-bond acceptors (Lipinski definition) is 2. The molecule has 0 spiro atoms. The van der Waals surface area contributed by atoms with Crippen molar-refractivity contribution in [3.8, 4) is 5.75 Å². The minimum atomic E-state index is -0.530. The molecule has 0 bridgehead atoms. The Bertz CT molecular complexity index is 715. The third kappa shape index (κ3) is 5.50. The second kappa shape index (κ2) is 9.47. The summed E-state index contributed by atoms with van der Waals surface area (Å²) in [6.45, 7) is 6.72. The Balaban J connectivity index is 2.02. The van der Waals surface area contributed by atoms with E-state index in [4.69, 9.17) is 16.3 Å². The molecule has 0 saturated heterocycles. The Labute approximate surface area is 155 Å². The molecule has 0 unspecified atom stereocenters. The fraction of sp³-hybridized carbons (Fsp3) is 0.381. The molecule has 2 aromatic rings. The smallest absolute Gasteiger partial charge is 0.261 e. The molecule has 0 heterocycles. The first kappa shape index (κ1) is 19.3. The average molecular weight is 360 g/mol. The molecule has 1 amide bonds. The molecular formula is C21H26ClNO2. The van der Waals surface area contributed by atoms with Crippen LogP contribution in [0.4, 0.5) is 0 Å². The van der Waals surface area contributed by atoms with Gasteiger partial charge in [-0.15, -0.1) is 0 Å². The molecule has 1 N–H and O–H groups in total. The molecule has 0 fully saturated rings. The van der Waals surface area contributed by atoms with Crippen LogP contribution in [0, 0.1) is 0 Å². The van der Waals surface area contributed by atoms with Crippen molar-refractivity contribution in [1.29, 1.82) is 0 Å². The van der Waals surface area contributed by atoms with Crippen LogP contribution in [0.2, 0.25) is 5.02 Å². The Morgan fingerprint density at radius 2 is 1.88 bits per heavy atom. The van der Waals surface area contributed by atoms with Gasteiger partial charge in [0.15, 0.2) is 6.10 Å². The Kier molecular flexibility index (Phi) is 7.32. The maximum absolute atomic E-state index is 12.5. The summed E-state index contributed by atoms with van der Waals surface area (Å²) in [5.41, 5.74) is 3.72. The minimum absolute atomic E-state index is 0.105. The second-order valence-electron chi connectivity index (χ2n) is 6.00. The number of ether oxygens (including phenoxy) is 1. The zero-order valence-electron chi connectivity index (χ0n) is 15.1. The van der Waals surface area contributed by atoms with E-state index in [1.807, 2.05) is 19.1 Å². The van der Waals surface area contributed by atoms with Crippen LogP contribution in [0.5, 0.6) is 5.75 Å². The molecule has 2 rings (SSSR count). The average Bonchev–Trinajstić information content (AvgIpc) is 2.63. The SMILES string of the molecule is CCc1ccc(CC)c(CNC(=O)[C@H](CC)Oc2cccc(Cl)c2)c1. The third-order valence-electron chi connectivity index (χ3n) is 4.25. The highest BCUT2D eigenvalue weighted by atomic mass is 35.5. The Morgan fingerprint density at radius 3 is 2.52 bits per heavy atom. The Hall–Kier alpha value is -2.00. The molecule has 3 nitrogen and oxygen atoms in total. The van der Waals surface area contributed by atoms with Crippen molar-refractivity contribution in [2.24, 2.45) is 0 Å². The van der Waals surface area contributed by atoms with E-state index in [-0.39, 0.29) is 5.91 Å². The van der Waals surface area contributed by atoms with Crippen LogP contribution < -0.4 is 10.1 Å². The predicted octanol–water partition coefficient (Wildman–Crippen LogP) is 4.94. The van der Waals surface area contributed by atoms with E-state index in [9.17, 15) is 4.79 Å². The molecule has 0 aromatic heterocycles. The maximum atomic E-state index is 12.5. The number of aryl methyl sites for hydroxylation is 2. The van der Waals surface area contributed by atoms with Crippen LogP contribution in [-0.4, -0.2) is 12.0 Å². The molecule has 0 saturated carbocycles. The summed E-state index contributed by atoms with van der Waals surface area (Å²) in [5.74, 6) is 0.503. The summed E-state index contributed by atoms with van der Waals surface area (Å²) in [6.07, 6.45) is 2.00. The number of hydrogen-bond donors (Lipinski definition) is 1. The molecule has 134 valence electrons. The lowest BCUT2D eigenvalue weighted by Gasteiger charge is -2.18. The first-order valence-corrected chi connectivity index (χ1v) is 9.25. The van der Waals surface area contributed by atoms with Crippen molar-refractivity contribution in [2.75, 3.05) is 0 Å². The van der Waals surface area contributed by atoms with E-state index < -0.39 is 6.10 Å². The quantitative estimate of drug-likeness (QED) is 0.725. The lowest BCUT2D eigenvalue weighted by atomic mass is 10.0. The van der Waals surface area contributed by atoms with E-state index in [2.05, 4.69) is 37.4 Å². The predicted molar refractivity (Wildman–Crippen MR) is 103 cm³/mol. The number of halogens is 1. The fourth-order valence-corrected chi connectivity index (χ4v) is 2.91. The number of benzene rings is 2. The van der Waals surface area contributed by atoms with Gasteiger partial charge in [0.1, 0.15) is 5.75 Å². The van der Waals surface area contributed by atoms with Crippen LogP contribution in [0.15, 0.2) is 42.5 Å². The molecule has 25 heavy (non-hydrogen) atoms. The summed E-state index contributed by atoms with van der Waals surface area (Å²) in [5, 5.41) is 3.61. The molecule has 4 heteroatoms. The summed E-state index contributed by atoms with van der Waals surface area (Å²) >= 11 is 5.97. The van der Waals surface area contributed by atoms with Gasteiger partial charge in [-0.2, -0.15) is 0 Å². The standard InChI is InChI=1S/C21H26ClNO2/c1-4-15-10-11-16(5-2)17(12-15)14-23-21(24)20(6-3)25-19-9-7-8-18(22)13-19/h7-13,20H,4-6,14H2,1-3H3,(H,23,24)/t20-/m0/s1. The zero-order chi connectivity index (χ0) is 18.2. The lowest BCUT2D eigenvalue weighted by Crippen LogP contribution is -2.37. The van der Waals surface area contributed by atoms with Crippen molar-refractivity contribution in [2.45, 2.75) is 52.7 Å². The highest BCUT2D eigenvalue weighted by Gasteiger charge is 2.18. The van der Waals surface area contributed by atoms with Crippen LogP contribution in [0.1, 0.15) is 43.9 Å². The van der Waals surface area contributed by atoms with Gasteiger partial charge in [0.25, 0.3) is 5.91 Å². The first-order chi connectivity index (χ1) is 12.1. The fourth-order valence-electron chi connectivity index (χ4n) is 2.73. The molecule has 0 aliphatic heterocycles. The second-order valence-corrected chi connectivity index (χ2v) is 6.44. The summed E-state index contributed by atoms with van der Waals surface area (Å²) in [6, 6.07) is 13.6. The highest BCUT2D eigenvalue weighted by Crippen LogP contribution is 2.19. The monoisotopic (exact) mass is 359 g/mol. The van der Waals surface area contributed by atoms with Gasteiger partial charge in [0.05, 0.1) is 0 Å². The summed E-state index contributed by atoms with van der Waals surface area (Å²) < 4.78 is 5.80. The van der Waals surface area contributed by atoms with Gasteiger partial charge in [-0.05, 0) is 54.2 Å². The topological polar surface area (TPSA) is 38.3 Å². The van der Waals surface area contributed by atoms with Crippen molar-refractivity contribution in [1.82, 2.24) is 5.32 Å². The van der Waals surface area contributed by atoms with Crippen LogP contribution in [0.25, 0.3) is 0 Å². The summed E-state index contributed by atoms with van der Waals surface area (Å²) in [7, 11) is 0. The van der Waals surface area contributed by atoms with Gasteiger partial charge < -0.3 is 10.1 Å². The number of rotatable bonds is 8. The number of carbonyl (C=O) groups excluding carboxylic acids is 1. The molecule has 0 aliphatic rings. The van der Waals surface area contributed by atoms with E-state index in [1.165, 1.54) is 16.7 Å². The molecule has 0 aliphatic carbocycles. The Morgan fingerprint density at radius 1 is 1.08 bits per heavy atom. The van der Waals surface area contributed by atoms with E-state index in [0.717, 1.165) is 12.8 Å². The normalized spacial score (nSPS) is 11.8. The minimum Gasteiger partial charge on any atom is -0.481 e. The van der Waals surface area contributed by atoms with Crippen LogP contribution in [0.3, 0.4) is 0 Å². The van der Waals surface area contributed by atoms with E-state index in [1.54, 1.807) is 12.1 Å². The number of amides is 1. The van der Waals surface area contributed by atoms with E-state index >= 15 is 0 Å². The van der Waals surface area contributed by atoms with Gasteiger partial charge in [0, 0.05) is 11.6 Å². The number of nitrogens with one attached hydrogen (secondary N) is 1. The van der Waals surface area contributed by atoms with Gasteiger partial charge in [0.2, 0.25) is 0 Å². The van der Waals surface area contributed by atoms with Gasteiger partial charge in [-0.25, -0.2) is 0 Å². The van der Waals surface area contributed by atoms with Crippen molar-refractivity contribution >= 4 is 17.5 Å². The number of carbonyl (C=O) groups is 1. The van der Waals surface area contributed by atoms with Crippen molar-refractivity contribution in [3.05, 3.63) is 64.2 Å². The molecule has 0 radical (unpaired) electrons. The lowest BCUT2D eigenvalue weighted by molar-refractivity contribution is -0.128. The van der Waals surface area contributed by atoms with Gasteiger partial charge >= 0.3 is 0 Å². The van der Waals surface area contributed by atoms with Gasteiger partial charge in [-0.1, -0.05) is 56.6 Å². The van der Waals surface area contributed by atoms with Gasteiger partial charge in [-0.3, -0.25) is 4.79 Å². The summed E-state index contributed by atoms with van der Waals surface area (Å²) in [4.78, 5) is 12.5. The molecule has 2 aromatic carbocycles. The van der Waals surface area contributed by atoms with E-state index in [0.29, 0.717) is 23.7 Å². The first-order valence-electron chi connectivity index (χ1n) is 8.87. The zero-order valence-corrected chi connectivity index (χ0v) is 15.9. The van der Waals surface area contributed by atoms with Crippen LogP contribution in [-0.2, 0) is 24.2 Å².